The normalized spacial score (nSPS) is 11.6. The largest absolute Gasteiger partial charge is 0.468 e. The maximum absolute atomic E-state index is 12.5. The van der Waals surface area contributed by atoms with Crippen LogP contribution in [0.3, 0.4) is 0 Å². The molecule has 9 heteroatoms. The minimum absolute atomic E-state index is 0.0424. The third-order valence-electron chi connectivity index (χ3n) is 4.01. The molecular weight excluding hydrogens is 398 g/mol. The topological polar surface area (TPSA) is 101 Å². The maximum atomic E-state index is 12.5. The summed E-state index contributed by atoms with van der Waals surface area (Å²) in [5, 5.41) is 2.73. The number of carbonyl (C=O) groups is 1. The molecule has 0 spiro atoms. The van der Waals surface area contributed by atoms with Gasteiger partial charge in [0.1, 0.15) is 5.76 Å². The lowest BCUT2D eigenvalue weighted by Crippen LogP contribution is -2.23. The van der Waals surface area contributed by atoms with Gasteiger partial charge in [-0.2, -0.15) is 0 Å². The summed E-state index contributed by atoms with van der Waals surface area (Å²) in [5.41, 5.74) is 3.41. The number of hydrogen-bond donors (Lipinski definition) is 2. The Bertz CT molecular complexity index is 1230. The minimum Gasteiger partial charge on any atom is -0.468 e. The molecule has 0 unspecified atom stereocenters. The molecule has 0 fully saturated rings. The van der Waals surface area contributed by atoms with Crippen molar-refractivity contribution in [1.82, 2.24) is 9.71 Å². The first-order valence-corrected chi connectivity index (χ1v) is 10.6. The van der Waals surface area contributed by atoms with Gasteiger partial charge < -0.3 is 9.73 Å². The smallest absolute Gasteiger partial charge is 0.255 e. The molecule has 0 saturated carbocycles. The number of rotatable bonds is 6. The van der Waals surface area contributed by atoms with Crippen LogP contribution in [0.15, 0.2) is 75.7 Å². The zero-order valence-corrected chi connectivity index (χ0v) is 16.1. The summed E-state index contributed by atoms with van der Waals surface area (Å²) in [6.45, 7) is 0.0424. The Kier molecular flexibility index (Phi) is 4.95. The van der Waals surface area contributed by atoms with Gasteiger partial charge in [0.15, 0.2) is 0 Å². The average Bonchev–Trinajstić information content (AvgIpc) is 3.37. The number of nitrogens with one attached hydrogen (secondary N) is 2. The van der Waals surface area contributed by atoms with E-state index in [0.29, 0.717) is 17.0 Å². The molecule has 2 aromatic heterocycles. The van der Waals surface area contributed by atoms with Crippen LogP contribution in [0.5, 0.6) is 0 Å². The van der Waals surface area contributed by atoms with E-state index in [-0.39, 0.29) is 17.3 Å². The summed E-state index contributed by atoms with van der Waals surface area (Å²) < 4.78 is 33.5. The van der Waals surface area contributed by atoms with Crippen LogP contribution < -0.4 is 10.0 Å². The van der Waals surface area contributed by atoms with E-state index in [9.17, 15) is 13.2 Å². The second-order valence-corrected chi connectivity index (χ2v) is 8.57. The standard InChI is InChI=1S/C19H15N3O4S2/c23-19(13-6-7-17-18(9-13)27-12-20-17)22-14-3-1-5-16(10-14)28(24,25)21-11-15-4-2-8-26-15/h1-10,12,21H,11H2,(H,22,23). The Morgan fingerprint density at radius 2 is 2.00 bits per heavy atom. The first-order valence-electron chi connectivity index (χ1n) is 8.28. The van der Waals surface area contributed by atoms with Crippen molar-refractivity contribution in [2.24, 2.45) is 0 Å². The summed E-state index contributed by atoms with van der Waals surface area (Å²) >= 11 is 1.45. The summed E-state index contributed by atoms with van der Waals surface area (Å²) in [6, 6.07) is 14.7. The Morgan fingerprint density at radius 3 is 2.82 bits per heavy atom. The van der Waals surface area contributed by atoms with Gasteiger partial charge in [0.05, 0.1) is 33.4 Å². The van der Waals surface area contributed by atoms with Gasteiger partial charge >= 0.3 is 0 Å². The van der Waals surface area contributed by atoms with Crippen LogP contribution in [0.25, 0.3) is 10.2 Å². The Labute approximate surface area is 165 Å². The Hall–Kier alpha value is -3.01. The minimum atomic E-state index is -3.75. The lowest BCUT2D eigenvalue weighted by Gasteiger charge is -2.09. The molecule has 7 nitrogen and oxygen atoms in total. The summed E-state index contributed by atoms with van der Waals surface area (Å²) in [6.07, 6.45) is 1.48. The predicted molar refractivity (Wildman–Crippen MR) is 107 cm³/mol. The third kappa shape index (κ3) is 3.96. The molecule has 2 aromatic carbocycles. The summed E-state index contributed by atoms with van der Waals surface area (Å²) in [5.74, 6) is 0.180. The lowest BCUT2D eigenvalue weighted by molar-refractivity contribution is 0.102. The van der Waals surface area contributed by atoms with E-state index in [1.165, 1.54) is 29.7 Å². The number of hydrogen-bond acceptors (Lipinski definition) is 6. The summed E-state index contributed by atoms with van der Waals surface area (Å²) in [7, 11) is -3.75. The van der Waals surface area contributed by atoms with Gasteiger partial charge in [-0.1, -0.05) is 6.07 Å². The molecule has 0 atom stereocenters. The molecule has 2 N–H and O–H groups in total. The van der Waals surface area contributed by atoms with Crippen LogP contribution >= 0.6 is 11.3 Å². The van der Waals surface area contributed by atoms with Crippen LogP contribution in [-0.4, -0.2) is 19.3 Å². The van der Waals surface area contributed by atoms with Crippen LogP contribution in [0, 0.1) is 0 Å². The number of sulfonamides is 1. The van der Waals surface area contributed by atoms with Crippen LogP contribution in [0.2, 0.25) is 0 Å². The van der Waals surface area contributed by atoms with Gasteiger partial charge in [0.2, 0.25) is 10.0 Å². The van der Waals surface area contributed by atoms with E-state index in [1.54, 1.807) is 48.0 Å². The molecular formula is C19H15N3O4S2. The molecule has 4 aromatic rings. The van der Waals surface area contributed by atoms with Crippen LogP contribution in [-0.2, 0) is 16.6 Å². The van der Waals surface area contributed by atoms with Crippen molar-refractivity contribution in [3.8, 4) is 0 Å². The molecule has 142 valence electrons. The highest BCUT2D eigenvalue weighted by molar-refractivity contribution is 7.89. The number of anilines is 1. The van der Waals surface area contributed by atoms with E-state index in [0.717, 1.165) is 10.2 Å². The van der Waals surface area contributed by atoms with Crippen molar-refractivity contribution in [2.75, 3.05) is 5.32 Å². The van der Waals surface area contributed by atoms with Crippen molar-refractivity contribution >= 4 is 43.2 Å². The molecule has 0 radical (unpaired) electrons. The molecule has 2 heterocycles. The first-order chi connectivity index (χ1) is 13.5. The molecule has 0 aliphatic carbocycles. The number of carbonyl (C=O) groups excluding carboxylic acids is 1. The van der Waals surface area contributed by atoms with Gasteiger partial charge in [-0.25, -0.2) is 18.1 Å². The van der Waals surface area contributed by atoms with Crippen LogP contribution in [0.1, 0.15) is 16.1 Å². The van der Waals surface area contributed by atoms with E-state index >= 15 is 0 Å². The zero-order valence-electron chi connectivity index (χ0n) is 14.5. The highest BCUT2D eigenvalue weighted by Crippen LogP contribution is 2.21. The number of nitrogens with zero attached hydrogens (tertiary/aromatic N) is 1. The highest BCUT2D eigenvalue weighted by atomic mass is 32.2. The van der Waals surface area contributed by atoms with Crippen molar-refractivity contribution in [3.63, 3.8) is 0 Å². The third-order valence-corrected chi connectivity index (χ3v) is 6.20. The van der Waals surface area contributed by atoms with Gasteiger partial charge in [-0.05, 0) is 48.5 Å². The van der Waals surface area contributed by atoms with Gasteiger partial charge in [-0.3, -0.25) is 4.79 Å². The molecule has 0 aliphatic rings. The number of fused-ring (bicyclic) bond motifs is 1. The second-order valence-electron chi connectivity index (χ2n) is 5.92. The number of amides is 1. The van der Waals surface area contributed by atoms with Crippen molar-refractivity contribution < 1.29 is 17.6 Å². The number of benzene rings is 2. The van der Waals surface area contributed by atoms with E-state index in [4.69, 9.17) is 4.42 Å². The summed E-state index contributed by atoms with van der Waals surface area (Å²) in [4.78, 5) is 16.8. The Balaban J connectivity index is 1.50. The van der Waals surface area contributed by atoms with Gasteiger partial charge in [-0.15, -0.1) is 11.3 Å². The number of aromatic nitrogens is 1. The quantitative estimate of drug-likeness (QED) is 0.503. The van der Waals surface area contributed by atoms with E-state index in [1.807, 2.05) is 0 Å². The van der Waals surface area contributed by atoms with Crippen molar-refractivity contribution in [1.29, 1.82) is 0 Å². The maximum Gasteiger partial charge on any atom is 0.255 e. The molecule has 4 rings (SSSR count). The van der Waals surface area contributed by atoms with Gasteiger partial charge in [0.25, 0.3) is 5.91 Å². The lowest BCUT2D eigenvalue weighted by atomic mass is 10.2. The molecule has 0 bridgehead atoms. The number of thiazole rings is 1. The highest BCUT2D eigenvalue weighted by Gasteiger charge is 2.16. The number of furan rings is 1. The fourth-order valence-electron chi connectivity index (χ4n) is 2.60. The molecule has 0 saturated heterocycles. The van der Waals surface area contributed by atoms with Gasteiger partial charge in [0, 0.05) is 11.3 Å². The fraction of sp³-hybridized carbons (Fsp3) is 0.0526. The van der Waals surface area contributed by atoms with Crippen molar-refractivity contribution in [2.45, 2.75) is 11.4 Å². The fourth-order valence-corrected chi connectivity index (χ4v) is 4.36. The SMILES string of the molecule is O=C(Nc1cccc(S(=O)(=O)NCc2ccco2)c1)c1ccc2ncsc2c1. The zero-order chi connectivity index (χ0) is 19.6. The molecule has 1 amide bonds. The first kappa shape index (κ1) is 18.4. The van der Waals surface area contributed by atoms with E-state index < -0.39 is 10.0 Å². The van der Waals surface area contributed by atoms with Crippen molar-refractivity contribution in [3.05, 3.63) is 77.7 Å². The Morgan fingerprint density at radius 1 is 1.11 bits per heavy atom. The molecule has 0 aliphatic heterocycles. The monoisotopic (exact) mass is 413 g/mol. The predicted octanol–water partition coefficient (Wildman–Crippen LogP) is 3.62. The van der Waals surface area contributed by atoms with E-state index in [2.05, 4.69) is 15.0 Å². The van der Waals surface area contributed by atoms with Crippen LogP contribution in [0.4, 0.5) is 5.69 Å². The molecule has 28 heavy (non-hydrogen) atoms. The average molecular weight is 413 g/mol. The second kappa shape index (κ2) is 7.55.